The summed E-state index contributed by atoms with van der Waals surface area (Å²) >= 11 is 0. The van der Waals surface area contributed by atoms with Crippen molar-refractivity contribution in [2.45, 2.75) is 63.8 Å². The second-order valence-electron chi connectivity index (χ2n) is 7.09. The molecule has 2 heteroatoms. The normalized spacial score (nSPS) is 16.4. The Morgan fingerprint density at radius 1 is 0.833 bits per heavy atom. The molecule has 1 rings (SSSR count). The van der Waals surface area contributed by atoms with E-state index in [9.17, 15) is 0 Å². The number of hydrogen-bond acceptors (Lipinski definition) is 2. The van der Waals surface area contributed by atoms with Gasteiger partial charge in [0.15, 0.2) is 0 Å². The van der Waals surface area contributed by atoms with E-state index in [2.05, 4.69) is 32.9 Å². The van der Waals surface area contributed by atoms with Gasteiger partial charge in [0.1, 0.15) is 0 Å². The fourth-order valence-electron chi connectivity index (χ4n) is 3.38. The van der Waals surface area contributed by atoms with Crippen LogP contribution in [0.25, 0.3) is 0 Å². The van der Waals surface area contributed by atoms with Crippen molar-refractivity contribution in [2.24, 2.45) is 17.4 Å². The van der Waals surface area contributed by atoms with Crippen molar-refractivity contribution in [2.75, 3.05) is 6.54 Å². The molecular formula is C22H36N2. The summed E-state index contributed by atoms with van der Waals surface area (Å²) in [6.07, 6.45) is 10.4. The Kier molecular flexibility index (Phi) is 9.02. The van der Waals surface area contributed by atoms with Gasteiger partial charge >= 0.3 is 0 Å². The van der Waals surface area contributed by atoms with Crippen LogP contribution in [-0.2, 0) is 0 Å². The largest absolute Gasteiger partial charge is 0.330 e. The van der Waals surface area contributed by atoms with Crippen molar-refractivity contribution in [1.82, 2.24) is 0 Å². The van der Waals surface area contributed by atoms with Gasteiger partial charge in [-0.2, -0.15) is 0 Å². The second kappa shape index (κ2) is 10.5. The molecule has 0 heterocycles. The van der Waals surface area contributed by atoms with E-state index in [1.54, 1.807) is 0 Å². The van der Waals surface area contributed by atoms with Gasteiger partial charge in [-0.15, -0.1) is 0 Å². The molecule has 134 valence electrons. The van der Waals surface area contributed by atoms with Crippen LogP contribution in [0.3, 0.4) is 0 Å². The maximum absolute atomic E-state index is 6.46. The van der Waals surface area contributed by atoms with E-state index in [-0.39, 0.29) is 6.04 Å². The van der Waals surface area contributed by atoms with Gasteiger partial charge in [-0.25, -0.2) is 0 Å². The number of hydrogen-bond donors (Lipinski definition) is 2. The van der Waals surface area contributed by atoms with Crippen LogP contribution in [0.2, 0.25) is 0 Å². The van der Waals surface area contributed by atoms with Crippen LogP contribution in [0.1, 0.15) is 57.8 Å². The molecule has 4 N–H and O–H groups in total. The molecule has 1 unspecified atom stereocenters. The molecule has 0 aromatic rings. The van der Waals surface area contributed by atoms with Crippen LogP contribution in [-0.4, -0.2) is 12.6 Å². The third kappa shape index (κ3) is 5.92. The van der Waals surface area contributed by atoms with Crippen LogP contribution in [0.4, 0.5) is 0 Å². The van der Waals surface area contributed by atoms with E-state index in [4.69, 9.17) is 11.5 Å². The average molecular weight is 329 g/mol. The Labute approximate surface area is 149 Å². The summed E-state index contributed by atoms with van der Waals surface area (Å²) < 4.78 is 0. The average Bonchev–Trinajstić information content (AvgIpc) is 2.62. The Hall–Kier alpha value is -1.38. The molecule has 24 heavy (non-hydrogen) atoms. The van der Waals surface area contributed by atoms with Gasteiger partial charge in [0.2, 0.25) is 0 Å². The van der Waals surface area contributed by atoms with E-state index < -0.39 is 0 Å². The molecule has 0 radical (unpaired) electrons. The first-order valence-corrected chi connectivity index (χ1v) is 9.30. The molecule has 0 saturated heterocycles. The van der Waals surface area contributed by atoms with E-state index >= 15 is 0 Å². The minimum Gasteiger partial charge on any atom is -0.330 e. The summed E-state index contributed by atoms with van der Waals surface area (Å²) in [6, 6.07) is -0.0276. The van der Waals surface area contributed by atoms with Gasteiger partial charge in [-0.05, 0) is 72.4 Å². The summed E-state index contributed by atoms with van der Waals surface area (Å²) in [7, 11) is 0. The van der Waals surface area contributed by atoms with Crippen molar-refractivity contribution in [3.8, 4) is 0 Å². The summed E-state index contributed by atoms with van der Waals surface area (Å²) in [5, 5.41) is 0. The number of rotatable bonds is 11. The lowest BCUT2D eigenvalue weighted by Crippen LogP contribution is -2.33. The highest BCUT2D eigenvalue weighted by Gasteiger charge is 2.24. The highest BCUT2D eigenvalue weighted by molar-refractivity contribution is 5.58. The molecule has 0 bridgehead atoms. The smallest absolute Gasteiger partial charge is 0.0323 e. The van der Waals surface area contributed by atoms with E-state index in [0.717, 1.165) is 60.1 Å². The standard InChI is InChI=1S/C22H36N2/c1-16(12-8-7-11-15-23)17(2)18(3)19(4)20(5)22(24)21-13-9-6-10-14-21/h21-22H,1-15,23-24H2. The fraction of sp³-hybridized carbons (Fsp3) is 0.545. The van der Waals surface area contributed by atoms with Gasteiger partial charge in [0.05, 0.1) is 0 Å². The topological polar surface area (TPSA) is 52.0 Å². The molecule has 1 aliphatic carbocycles. The molecule has 1 saturated carbocycles. The van der Waals surface area contributed by atoms with Gasteiger partial charge < -0.3 is 11.5 Å². The van der Waals surface area contributed by atoms with Gasteiger partial charge in [0, 0.05) is 6.04 Å². The lowest BCUT2D eigenvalue weighted by atomic mass is 9.78. The molecular weight excluding hydrogens is 292 g/mol. The zero-order chi connectivity index (χ0) is 18.1. The molecule has 1 fully saturated rings. The number of unbranched alkanes of at least 4 members (excludes halogenated alkanes) is 2. The van der Waals surface area contributed by atoms with Crippen LogP contribution in [0.15, 0.2) is 60.8 Å². The lowest BCUT2D eigenvalue weighted by molar-refractivity contribution is 0.327. The Morgan fingerprint density at radius 3 is 2.04 bits per heavy atom. The molecule has 0 aliphatic heterocycles. The van der Waals surface area contributed by atoms with Crippen molar-refractivity contribution >= 4 is 0 Å². The quantitative estimate of drug-likeness (QED) is 0.405. The van der Waals surface area contributed by atoms with Crippen LogP contribution < -0.4 is 11.5 Å². The van der Waals surface area contributed by atoms with Gasteiger partial charge in [0.25, 0.3) is 0 Å². The minimum absolute atomic E-state index is 0.0276. The first kappa shape index (κ1) is 20.7. The van der Waals surface area contributed by atoms with Crippen LogP contribution in [0, 0.1) is 5.92 Å². The second-order valence-corrected chi connectivity index (χ2v) is 7.09. The summed E-state index contributed by atoms with van der Waals surface area (Å²) in [5.74, 6) is 0.517. The SMILES string of the molecule is C=C(CCCCCN)C(=C)C(=C)C(=C)C(=C)C(N)C1CCCCC1. The van der Waals surface area contributed by atoms with Gasteiger partial charge in [-0.3, -0.25) is 0 Å². The maximum Gasteiger partial charge on any atom is 0.0323 e. The number of allylic oxidation sites excluding steroid dienone is 3. The third-order valence-corrected chi connectivity index (χ3v) is 5.29. The monoisotopic (exact) mass is 328 g/mol. The number of nitrogens with two attached hydrogens (primary N) is 2. The van der Waals surface area contributed by atoms with Crippen molar-refractivity contribution in [3.63, 3.8) is 0 Å². The minimum atomic E-state index is -0.0276. The maximum atomic E-state index is 6.46. The van der Waals surface area contributed by atoms with Crippen LogP contribution in [0.5, 0.6) is 0 Å². The first-order chi connectivity index (χ1) is 11.4. The van der Waals surface area contributed by atoms with Gasteiger partial charge in [-0.1, -0.05) is 58.6 Å². The molecule has 1 aliphatic rings. The summed E-state index contributed by atoms with van der Waals surface area (Å²) in [4.78, 5) is 0. The predicted octanol–water partition coefficient (Wildman–Crippen LogP) is 5.19. The van der Waals surface area contributed by atoms with E-state index in [1.807, 2.05) is 0 Å². The Morgan fingerprint density at radius 2 is 1.46 bits per heavy atom. The first-order valence-electron chi connectivity index (χ1n) is 9.30. The predicted molar refractivity (Wildman–Crippen MR) is 108 cm³/mol. The third-order valence-electron chi connectivity index (χ3n) is 5.29. The van der Waals surface area contributed by atoms with E-state index in [1.165, 1.54) is 32.1 Å². The molecule has 0 spiro atoms. The molecule has 0 aromatic carbocycles. The Balaban J connectivity index is 2.55. The van der Waals surface area contributed by atoms with Crippen molar-refractivity contribution in [3.05, 3.63) is 60.8 Å². The lowest BCUT2D eigenvalue weighted by Gasteiger charge is -2.30. The highest BCUT2D eigenvalue weighted by Crippen LogP contribution is 2.33. The fourth-order valence-corrected chi connectivity index (χ4v) is 3.38. The van der Waals surface area contributed by atoms with Crippen molar-refractivity contribution in [1.29, 1.82) is 0 Å². The summed E-state index contributed by atoms with van der Waals surface area (Å²) in [6.45, 7) is 21.6. The molecule has 0 aromatic heterocycles. The van der Waals surface area contributed by atoms with Crippen LogP contribution >= 0.6 is 0 Å². The zero-order valence-electron chi connectivity index (χ0n) is 15.4. The van der Waals surface area contributed by atoms with E-state index in [0.29, 0.717) is 5.92 Å². The highest BCUT2D eigenvalue weighted by atomic mass is 14.7. The summed E-state index contributed by atoms with van der Waals surface area (Å²) in [5.41, 5.74) is 16.5. The molecule has 1 atom stereocenters. The zero-order valence-corrected chi connectivity index (χ0v) is 15.4. The Bertz CT molecular complexity index is 492. The van der Waals surface area contributed by atoms with Crippen molar-refractivity contribution < 1.29 is 0 Å². The molecule has 2 nitrogen and oxygen atoms in total. The molecule has 0 amide bonds.